The first-order valence-corrected chi connectivity index (χ1v) is 16.0. The number of benzene rings is 1. The minimum Gasteiger partial charge on any atom is -0.462 e. The van der Waals surface area contributed by atoms with Crippen LogP contribution in [0.2, 0.25) is 0 Å². The van der Waals surface area contributed by atoms with E-state index in [-0.39, 0.29) is 30.6 Å². The summed E-state index contributed by atoms with van der Waals surface area (Å²) in [7, 11) is 0. The average molecular weight is 673 g/mol. The third-order valence-electron chi connectivity index (χ3n) is 11.0. The van der Waals surface area contributed by atoms with Gasteiger partial charge in [-0.25, -0.2) is 4.79 Å². The summed E-state index contributed by atoms with van der Waals surface area (Å²) in [6.07, 6.45) is -8.33. The number of hydrogen-bond donors (Lipinski definition) is 2. The van der Waals surface area contributed by atoms with Gasteiger partial charge in [0.1, 0.15) is 42.2 Å². The monoisotopic (exact) mass is 672 g/mol. The van der Waals surface area contributed by atoms with Crippen molar-refractivity contribution in [3.63, 3.8) is 0 Å². The fourth-order valence-electron chi connectivity index (χ4n) is 8.90. The molecule has 2 N–H and O–H groups in total. The van der Waals surface area contributed by atoms with Crippen LogP contribution in [0.15, 0.2) is 41.5 Å². The zero-order valence-corrected chi connectivity index (χ0v) is 28.4. The van der Waals surface area contributed by atoms with E-state index in [1.165, 1.54) is 32.9 Å². The van der Waals surface area contributed by atoms with E-state index in [9.17, 15) is 34.2 Å². The molecule has 1 saturated heterocycles. The van der Waals surface area contributed by atoms with E-state index in [4.69, 9.17) is 28.4 Å². The van der Waals surface area contributed by atoms with Gasteiger partial charge in [0.2, 0.25) is 0 Å². The molecule has 262 valence electrons. The molecule has 1 aromatic carbocycles. The highest BCUT2D eigenvalue weighted by Crippen LogP contribution is 2.66. The molecule has 4 aliphatic rings. The van der Waals surface area contributed by atoms with Crippen molar-refractivity contribution in [1.29, 1.82) is 0 Å². The molecule has 13 heteroatoms. The van der Waals surface area contributed by atoms with Gasteiger partial charge >= 0.3 is 29.8 Å². The predicted octanol–water partition coefficient (Wildman–Crippen LogP) is 2.59. The topological polar surface area (TPSA) is 181 Å². The van der Waals surface area contributed by atoms with Crippen molar-refractivity contribution in [2.75, 3.05) is 6.61 Å². The lowest BCUT2D eigenvalue weighted by Gasteiger charge is -2.69. The highest BCUT2D eigenvalue weighted by molar-refractivity contribution is 5.89. The molecule has 2 saturated carbocycles. The third kappa shape index (κ3) is 5.39. The van der Waals surface area contributed by atoms with E-state index in [0.29, 0.717) is 5.57 Å². The van der Waals surface area contributed by atoms with E-state index < -0.39 is 94.4 Å². The first-order valence-electron chi connectivity index (χ1n) is 16.0. The third-order valence-corrected chi connectivity index (χ3v) is 11.0. The van der Waals surface area contributed by atoms with E-state index in [0.717, 1.165) is 6.92 Å². The Morgan fingerprint density at radius 3 is 1.96 bits per heavy atom. The maximum atomic E-state index is 14.1. The maximum Gasteiger partial charge on any atom is 0.338 e. The number of ether oxygens (including phenoxy) is 6. The van der Waals surface area contributed by atoms with Gasteiger partial charge in [0.15, 0.2) is 5.60 Å². The predicted molar refractivity (Wildman–Crippen MR) is 165 cm³/mol. The summed E-state index contributed by atoms with van der Waals surface area (Å²) in [5.74, 6) is -5.02. The first kappa shape index (κ1) is 35.5. The van der Waals surface area contributed by atoms with Gasteiger partial charge in [0, 0.05) is 46.0 Å². The lowest BCUT2D eigenvalue weighted by atomic mass is 9.44. The van der Waals surface area contributed by atoms with Crippen LogP contribution < -0.4 is 0 Å². The SMILES string of the molecule is CC(=O)O[C@H]1C[C@@]2(O)[C@@H](OC(=O)c3ccccc3)[C@@H]3[C@]4(OC(C)=O)CO[C@@H]4C[C@H](OC(C)=O)[C@@]3(C)[C@H](OC(C)=O)[C@H](O)C(=C1C)C2(C)C. The van der Waals surface area contributed by atoms with Crippen molar-refractivity contribution >= 4 is 29.8 Å². The second-order valence-electron chi connectivity index (χ2n) is 14.1. The largest absolute Gasteiger partial charge is 0.462 e. The van der Waals surface area contributed by atoms with Crippen LogP contribution in [0, 0.1) is 16.7 Å². The highest BCUT2D eigenvalue weighted by atomic mass is 16.6. The summed E-state index contributed by atoms with van der Waals surface area (Å²) in [6.45, 7) is 11.1. The number of aliphatic hydroxyl groups excluding tert-OH is 1. The van der Waals surface area contributed by atoms with Crippen molar-refractivity contribution in [3.05, 3.63) is 47.0 Å². The lowest BCUT2D eigenvalue weighted by Crippen LogP contribution is -2.82. The van der Waals surface area contributed by atoms with Crippen molar-refractivity contribution in [1.82, 2.24) is 0 Å². The zero-order valence-electron chi connectivity index (χ0n) is 28.4. The van der Waals surface area contributed by atoms with Gasteiger partial charge in [-0.1, -0.05) is 39.0 Å². The minimum absolute atomic E-state index is 0.0420. The van der Waals surface area contributed by atoms with Crippen LogP contribution in [0.3, 0.4) is 0 Å². The number of esters is 5. The minimum atomic E-state index is -2.15. The van der Waals surface area contributed by atoms with Crippen LogP contribution in [-0.2, 0) is 47.6 Å². The fourth-order valence-corrected chi connectivity index (χ4v) is 8.90. The Kier molecular flexibility index (Phi) is 9.07. The molecule has 0 spiro atoms. The quantitative estimate of drug-likeness (QED) is 0.256. The number of fused-ring (bicyclic) bond motifs is 5. The summed E-state index contributed by atoms with van der Waals surface area (Å²) in [6, 6.07) is 8.05. The zero-order chi connectivity index (χ0) is 35.6. The normalized spacial score (nSPS) is 38.0. The summed E-state index contributed by atoms with van der Waals surface area (Å²) in [5, 5.41) is 25.7. The van der Waals surface area contributed by atoms with Gasteiger partial charge in [-0.2, -0.15) is 0 Å². The molecule has 3 fully saturated rings. The van der Waals surface area contributed by atoms with E-state index in [1.807, 2.05) is 0 Å². The Morgan fingerprint density at radius 2 is 1.44 bits per heavy atom. The fraction of sp³-hybridized carbons (Fsp3) is 0.629. The smallest absolute Gasteiger partial charge is 0.338 e. The molecule has 1 aliphatic heterocycles. The van der Waals surface area contributed by atoms with Gasteiger partial charge in [0.05, 0.1) is 23.5 Å². The highest BCUT2D eigenvalue weighted by Gasteiger charge is 2.79. The van der Waals surface area contributed by atoms with Gasteiger partial charge in [-0.05, 0) is 30.2 Å². The molecule has 48 heavy (non-hydrogen) atoms. The summed E-state index contributed by atoms with van der Waals surface area (Å²) < 4.78 is 36.0. The number of carbonyl (C=O) groups excluding carboxylic acids is 5. The van der Waals surface area contributed by atoms with E-state index >= 15 is 0 Å². The Labute approximate surface area is 278 Å². The second kappa shape index (κ2) is 12.3. The van der Waals surface area contributed by atoms with Gasteiger partial charge in [0.25, 0.3) is 0 Å². The van der Waals surface area contributed by atoms with Crippen molar-refractivity contribution in [2.45, 2.75) is 116 Å². The van der Waals surface area contributed by atoms with Crippen LogP contribution in [0.4, 0.5) is 0 Å². The molecule has 5 rings (SSSR count). The number of rotatable bonds is 6. The molecule has 0 unspecified atom stereocenters. The molecular weight excluding hydrogens is 628 g/mol. The molecule has 1 heterocycles. The second-order valence-corrected chi connectivity index (χ2v) is 14.1. The standard InChI is InChI=1S/C35H44O13/c1-17-23(44-18(2)36)15-35(42)30(47-31(41)22-12-10-9-11-13-22)28-33(8,29(46-20(4)38)27(40)26(17)32(35,6)7)24(45-19(3)37)14-25-34(28,16-43-25)48-21(5)39/h9-13,23-25,27-30,40,42H,14-16H2,1-8H3/t23-,24-,25+,27+,28-,29+,30-,33+,34-,35+/m0/s1. The van der Waals surface area contributed by atoms with Gasteiger partial charge in [-0.3, -0.25) is 19.2 Å². The molecule has 13 nitrogen and oxygen atoms in total. The van der Waals surface area contributed by atoms with Crippen LogP contribution in [-0.4, -0.2) is 94.5 Å². The molecule has 1 aromatic rings. The van der Waals surface area contributed by atoms with Gasteiger partial charge < -0.3 is 38.6 Å². The molecule has 0 radical (unpaired) electrons. The van der Waals surface area contributed by atoms with E-state index in [2.05, 4.69) is 0 Å². The number of aliphatic hydroxyl groups is 2. The molecule has 3 aliphatic carbocycles. The van der Waals surface area contributed by atoms with Crippen molar-refractivity contribution in [3.8, 4) is 0 Å². The molecule has 0 amide bonds. The summed E-state index contributed by atoms with van der Waals surface area (Å²) in [4.78, 5) is 64.8. The Balaban J connectivity index is 1.90. The van der Waals surface area contributed by atoms with E-state index in [1.54, 1.807) is 45.9 Å². The average Bonchev–Trinajstić information content (AvgIpc) is 2.97. The van der Waals surface area contributed by atoms with Crippen LogP contribution >= 0.6 is 0 Å². The summed E-state index contributed by atoms with van der Waals surface area (Å²) in [5.41, 5.74) is -6.18. The lowest BCUT2D eigenvalue weighted by molar-refractivity contribution is -0.365. The maximum absolute atomic E-state index is 14.1. The Hall–Kier alpha value is -3.81. The van der Waals surface area contributed by atoms with Crippen molar-refractivity contribution < 1.29 is 62.6 Å². The van der Waals surface area contributed by atoms with Crippen LogP contribution in [0.5, 0.6) is 0 Å². The summed E-state index contributed by atoms with van der Waals surface area (Å²) >= 11 is 0. The molecule has 0 aromatic heterocycles. The Morgan fingerprint density at radius 1 is 0.833 bits per heavy atom. The van der Waals surface area contributed by atoms with Crippen LogP contribution in [0.25, 0.3) is 0 Å². The number of carbonyl (C=O) groups is 5. The van der Waals surface area contributed by atoms with Gasteiger partial charge in [-0.15, -0.1) is 0 Å². The van der Waals surface area contributed by atoms with Crippen LogP contribution in [0.1, 0.15) is 78.6 Å². The Bertz CT molecular complexity index is 1530. The molecule has 10 atom stereocenters. The molecule has 2 bridgehead atoms. The molecular formula is C35H44O13. The number of hydrogen-bond acceptors (Lipinski definition) is 13. The first-order chi connectivity index (χ1) is 22.3. The van der Waals surface area contributed by atoms with Crippen molar-refractivity contribution in [2.24, 2.45) is 16.7 Å².